The summed E-state index contributed by atoms with van der Waals surface area (Å²) in [7, 11) is 0. The number of nitrogens with one attached hydrogen (secondary N) is 1. The van der Waals surface area contributed by atoms with Gasteiger partial charge in [0.05, 0.1) is 5.54 Å². The number of amides is 1. The third-order valence-corrected chi connectivity index (χ3v) is 4.69. The van der Waals surface area contributed by atoms with Gasteiger partial charge in [0, 0.05) is 6.54 Å². The predicted octanol–water partition coefficient (Wildman–Crippen LogP) is 3.00. The number of carbonyl (C=O) groups excluding carboxylic acids is 1. The fraction of sp³-hybridized carbons (Fsp3) is 0.632. The van der Waals surface area contributed by atoms with Crippen LogP contribution in [-0.4, -0.2) is 24.1 Å². The second-order valence-electron chi connectivity index (χ2n) is 7.92. The number of nitrogens with two attached hydrogens (primary N) is 1. The highest BCUT2D eigenvalue weighted by molar-refractivity contribution is 5.81. The number of ether oxygens (including phenoxy) is 1. The van der Waals surface area contributed by atoms with Crippen LogP contribution in [0.4, 0.5) is 0 Å². The molecule has 1 aromatic rings. The van der Waals surface area contributed by atoms with E-state index in [4.69, 9.17) is 10.5 Å². The van der Waals surface area contributed by atoms with Gasteiger partial charge in [0.1, 0.15) is 5.75 Å². The zero-order chi connectivity index (χ0) is 17.3. The molecule has 1 saturated carbocycles. The highest BCUT2D eigenvalue weighted by Gasteiger charge is 2.42. The highest BCUT2D eigenvalue weighted by Crippen LogP contribution is 2.39. The molecule has 3 N–H and O–H groups in total. The summed E-state index contributed by atoms with van der Waals surface area (Å²) in [5, 5.41) is 3.08. The Kier molecular flexibility index (Phi) is 5.04. The first-order valence-corrected chi connectivity index (χ1v) is 8.45. The van der Waals surface area contributed by atoms with E-state index in [1.807, 2.05) is 25.1 Å². The summed E-state index contributed by atoms with van der Waals surface area (Å²) in [4.78, 5) is 12.4. The zero-order valence-corrected chi connectivity index (χ0v) is 15.0. The van der Waals surface area contributed by atoms with Gasteiger partial charge in [-0.3, -0.25) is 4.79 Å². The van der Waals surface area contributed by atoms with E-state index in [0.29, 0.717) is 12.5 Å². The van der Waals surface area contributed by atoms with Crippen LogP contribution < -0.4 is 15.8 Å². The van der Waals surface area contributed by atoms with E-state index in [2.05, 4.69) is 32.2 Å². The first-order valence-electron chi connectivity index (χ1n) is 8.45. The Morgan fingerprint density at radius 1 is 1.35 bits per heavy atom. The summed E-state index contributed by atoms with van der Waals surface area (Å²) in [5.41, 5.74) is 6.78. The molecule has 0 bridgehead atoms. The highest BCUT2D eigenvalue weighted by atomic mass is 16.5. The zero-order valence-electron chi connectivity index (χ0n) is 15.0. The minimum Gasteiger partial charge on any atom is -0.481 e. The van der Waals surface area contributed by atoms with Crippen molar-refractivity contribution in [3.8, 4) is 5.75 Å². The van der Waals surface area contributed by atoms with Crippen molar-refractivity contribution in [3.05, 3.63) is 29.8 Å². The van der Waals surface area contributed by atoms with E-state index < -0.39 is 6.10 Å². The molecule has 4 nitrogen and oxygen atoms in total. The molecule has 4 heteroatoms. The molecule has 1 aliphatic carbocycles. The maximum atomic E-state index is 12.4. The smallest absolute Gasteiger partial charge is 0.261 e. The molecule has 128 valence electrons. The summed E-state index contributed by atoms with van der Waals surface area (Å²) in [6, 6.07) is 7.94. The van der Waals surface area contributed by atoms with Gasteiger partial charge in [0.25, 0.3) is 5.91 Å². The number of rotatable bonds is 6. The molecule has 1 fully saturated rings. The SMILES string of the molecule is CC(Oc1cccc(C(C)(C)C)c1)C(=O)NC(C)(CN)C1CC1. The Bertz CT molecular complexity index is 561. The van der Waals surface area contributed by atoms with Gasteiger partial charge >= 0.3 is 0 Å². The molecule has 1 aromatic carbocycles. The third kappa shape index (κ3) is 4.47. The summed E-state index contributed by atoms with van der Waals surface area (Å²) >= 11 is 0. The van der Waals surface area contributed by atoms with Gasteiger partial charge < -0.3 is 15.8 Å². The van der Waals surface area contributed by atoms with Crippen LogP contribution in [0.2, 0.25) is 0 Å². The van der Waals surface area contributed by atoms with Crippen molar-refractivity contribution in [1.82, 2.24) is 5.32 Å². The topological polar surface area (TPSA) is 64.3 Å². The van der Waals surface area contributed by atoms with E-state index in [9.17, 15) is 4.79 Å². The molecule has 0 radical (unpaired) electrons. The van der Waals surface area contributed by atoms with E-state index >= 15 is 0 Å². The Labute approximate surface area is 139 Å². The van der Waals surface area contributed by atoms with Crippen molar-refractivity contribution < 1.29 is 9.53 Å². The van der Waals surface area contributed by atoms with Crippen molar-refractivity contribution in [3.63, 3.8) is 0 Å². The molecular formula is C19H30N2O2. The second-order valence-corrected chi connectivity index (χ2v) is 7.92. The average molecular weight is 318 g/mol. The van der Waals surface area contributed by atoms with E-state index in [1.54, 1.807) is 6.92 Å². The lowest BCUT2D eigenvalue weighted by atomic mass is 9.87. The van der Waals surface area contributed by atoms with Gasteiger partial charge in [-0.15, -0.1) is 0 Å². The van der Waals surface area contributed by atoms with Crippen LogP contribution in [0.1, 0.15) is 53.0 Å². The molecule has 0 spiro atoms. The summed E-state index contributed by atoms with van der Waals surface area (Å²) in [5.74, 6) is 1.11. The average Bonchev–Trinajstić information content (AvgIpc) is 3.31. The molecule has 2 rings (SSSR count). The van der Waals surface area contributed by atoms with Gasteiger partial charge in [-0.1, -0.05) is 32.9 Å². The predicted molar refractivity (Wildman–Crippen MR) is 93.6 cm³/mol. The van der Waals surface area contributed by atoms with Crippen LogP contribution >= 0.6 is 0 Å². The van der Waals surface area contributed by atoms with Gasteiger partial charge in [0.15, 0.2) is 6.10 Å². The lowest BCUT2D eigenvalue weighted by Crippen LogP contribution is -2.56. The van der Waals surface area contributed by atoms with Crippen molar-refractivity contribution in [2.24, 2.45) is 11.7 Å². The van der Waals surface area contributed by atoms with E-state index in [-0.39, 0.29) is 16.9 Å². The maximum Gasteiger partial charge on any atom is 0.261 e. The molecule has 1 aliphatic rings. The Morgan fingerprint density at radius 3 is 2.52 bits per heavy atom. The monoisotopic (exact) mass is 318 g/mol. The van der Waals surface area contributed by atoms with Crippen LogP contribution in [0.5, 0.6) is 5.75 Å². The second kappa shape index (κ2) is 6.52. The number of benzene rings is 1. The summed E-state index contributed by atoms with van der Waals surface area (Å²) < 4.78 is 5.85. The molecule has 0 saturated heterocycles. The quantitative estimate of drug-likeness (QED) is 0.847. The standard InChI is InChI=1S/C19H30N2O2/c1-13(17(22)21-19(5,12-20)14-9-10-14)23-16-8-6-7-15(11-16)18(2,3)4/h6-8,11,13-14H,9-10,12,20H2,1-5H3,(H,21,22). The molecular weight excluding hydrogens is 288 g/mol. The summed E-state index contributed by atoms with van der Waals surface area (Å²) in [6.07, 6.45) is 1.73. The van der Waals surface area contributed by atoms with E-state index in [0.717, 1.165) is 18.6 Å². The number of carbonyl (C=O) groups is 1. The fourth-order valence-electron chi connectivity index (χ4n) is 2.72. The third-order valence-electron chi connectivity index (χ3n) is 4.69. The van der Waals surface area contributed by atoms with Gasteiger partial charge in [-0.05, 0) is 55.7 Å². The van der Waals surface area contributed by atoms with Crippen LogP contribution in [0.25, 0.3) is 0 Å². The maximum absolute atomic E-state index is 12.4. The van der Waals surface area contributed by atoms with Crippen molar-refractivity contribution in [1.29, 1.82) is 0 Å². The minimum absolute atomic E-state index is 0.0506. The van der Waals surface area contributed by atoms with Gasteiger partial charge in [0.2, 0.25) is 0 Å². The molecule has 23 heavy (non-hydrogen) atoms. The lowest BCUT2D eigenvalue weighted by molar-refractivity contribution is -0.129. The Morgan fingerprint density at radius 2 is 2.00 bits per heavy atom. The molecule has 0 heterocycles. The lowest BCUT2D eigenvalue weighted by Gasteiger charge is -2.31. The Balaban J connectivity index is 2.01. The van der Waals surface area contributed by atoms with Crippen LogP contribution in [0, 0.1) is 5.92 Å². The van der Waals surface area contributed by atoms with E-state index in [1.165, 1.54) is 5.56 Å². The largest absolute Gasteiger partial charge is 0.481 e. The Hall–Kier alpha value is -1.55. The van der Waals surface area contributed by atoms with Crippen LogP contribution in [-0.2, 0) is 10.2 Å². The van der Waals surface area contributed by atoms with Gasteiger partial charge in [-0.2, -0.15) is 0 Å². The van der Waals surface area contributed by atoms with Gasteiger partial charge in [-0.25, -0.2) is 0 Å². The van der Waals surface area contributed by atoms with Crippen molar-refractivity contribution in [2.75, 3.05) is 6.54 Å². The molecule has 0 aromatic heterocycles. The van der Waals surface area contributed by atoms with Crippen molar-refractivity contribution in [2.45, 2.75) is 64.5 Å². The first kappa shape index (κ1) is 17.8. The normalized spacial score (nSPS) is 18.9. The molecule has 2 atom stereocenters. The van der Waals surface area contributed by atoms with Crippen LogP contribution in [0.15, 0.2) is 24.3 Å². The number of hydrogen-bond donors (Lipinski definition) is 2. The van der Waals surface area contributed by atoms with Crippen molar-refractivity contribution >= 4 is 5.91 Å². The minimum atomic E-state index is -0.546. The van der Waals surface area contributed by atoms with Crippen LogP contribution in [0.3, 0.4) is 0 Å². The fourth-order valence-corrected chi connectivity index (χ4v) is 2.72. The molecule has 0 aliphatic heterocycles. The molecule has 1 amide bonds. The first-order chi connectivity index (χ1) is 10.7. The number of hydrogen-bond acceptors (Lipinski definition) is 3. The summed E-state index contributed by atoms with van der Waals surface area (Å²) in [6.45, 7) is 10.7. The molecule has 2 unspecified atom stereocenters.